The SMILES string of the molecule is COc1ccc(N(C(=O)c2cnccn2)C(C(=O)NC2CCCC2)c2cccs2)cc1. The van der Waals surface area contributed by atoms with Crippen LogP contribution in [0.5, 0.6) is 5.75 Å². The number of aromatic nitrogens is 2. The third-order valence-corrected chi connectivity index (χ3v) is 6.30. The number of nitrogens with one attached hydrogen (secondary N) is 1. The number of thiophene rings is 1. The van der Waals surface area contributed by atoms with Crippen molar-refractivity contribution in [2.75, 3.05) is 12.0 Å². The lowest BCUT2D eigenvalue weighted by Crippen LogP contribution is -2.46. The fourth-order valence-corrected chi connectivity index (χ4v) is 4.64. The number of methoxy groups -OCH3 is 1. The van der Waals surface area contributed by atoms with Gasteiger partial charge in [0.1, 0.15) is 11.4 Å². The van der Waals surface area contributed by atoms with Gasteiger partial charge in [-0.15, -0.1) is 11.3 Å². The quantitative estimate of drug-likeness (QED) is 0.605. The number of carbonyl (C=O) groups is 2. The van der Waals surface area contributed by atoms with E-state index in [-0.39, 0.29) is 17.6 Å². The molecular formula is C23H24N4O3S. The minimum absolute atomic E-state index is 0.138. The van der Waals surface area contributed by atoms with E-state index in [1.807, 2.05) is 17.5 Å². The molecule has 2 amide bonds. The Morgan fingerprint density at radius 2 is 1.94 bits per heavy atom. The first-order valence-corrected chi connectivity index (χ1v) is 11.1. The molecule has 8 heteroatoms. The van der Waals surface area contributed by atoms with Crippen LogP contribution in [0.15, 0.2) is 60.4 Å². The molecule has 2 heterocycles. The molecule has 0 saturated heterocycles. The monoisotopic (exact) mass is 436 g/mol. The standard InChI is InChI=1S/C23H24N4O3S/c1-30-18-10-8-17(9-11-18)27(23(29)19-15-24-12-13-25-19)21(20-7-4-14-31-20)22(28)26-16-5-2-3-6-16/h4,7-16,21H,2-3,5-6H2,1H3,(H,26,28). The fourth-order valence-electron chi connectivity index (χ4n) is 3.83. The molecule has 1 aliphatic rings. The average Bonchev–Trinajstić information content (AvgIpc) is 3.52. The maximum atomic E-state index is 13.6. The van der Waals surface area contributed by atoms with Crippen molar-refractivity contribution in [1.29, 1.82) is 0 Å². The summed E-state index contributed by atoms with van der Waals surface area (Å²) in [5.41, 5.74) is 0.755. The number of hydrogen-bond acceptors (Lipinski definition) is 6. The number of rotatable bonds is 7. The number of benzene rings is 1. The average molecular weight is 437 g/mol. The van der Waals surface area contributed by atoms with Gasteiger partial charge in [0.2, 0.25) is 5.91 Å². The zero-order chi connectivity index (χ0) is 21.6. The van der Waals surface area contributed by atoms with Crippen LogP contribution in [0.2, 0.25) is 0 Å². The Bertz CT molecular complexity index is 1000. The van der Waals surface area contributed by atoms with Gasteiger partial charge in [-0.3, -0.25) is 19.5 Å². The Kier molecular flexibility index (Phi) is 6.57. The molecule has 1 fully saturated rings. The molecule has 1 atom stereocenters. The first kappa shape index (κ1) is 21.0. The van der Waals surface area contributed by atoms with Crippen molar-refractivity contribution in [3.05, 3.63) is 70.9 Å². The molecule has 31 heavy (non-hydrogen) atoms. The summed E-state index contributed by atoms with van der Waals surface area (Å²) in [6.07, 6.45) is 8.53. The highest BCUT2D eigenvalue weighted by Gasteiger charge is 2.36. The second-order valence-electron chi connectivity index (χ2n) is 7.37. The van der Waals surface area contributed by atoms with Crippen LogP contribution >= 0.6 is 11.3 Å². The van der Waals surface area contributed by atoms with E-state index >= 15 is 0 Å². The van der Waals surface area contributed by atoms with Gasteiger partial charge in [-0.25, -0.2) is 4.98 Å². The molecule has 1 N–H and O–H groups in total. The topological polar surface area (TPSA) is 84.4 Å². The lowest BCUT2D eigenvalue weighted by molar-refractivity contribution is -0.123. The lowest BCUT2D eigenvalue weighted by Gasteiger charge is -2.31. The molecule has 1 saturated carbocycles. The summed E-state index contributed by atoms with van der Waals surface area (Å²) in [6, 6.07) is 10.2. The minimum atomic E-state index is -0.816. The normalized spacial score (nSPS) is 14.7. The van der Waals surface area contributed by atoms with Crippen LogP contribution in [0, 0.1) is 0 Å². The van der Waals surface area contributed by atoms with Crippen LogP contribution in [0.3, 0.4) is 0 Å². The van der Waals surface area contributed by atoms with Crippen LogP contribution in [-0.4, -0.2) is 34.9 Å². The molecule has 1 unspecified atom stereocenters. The van der Waals surface area contributed by atoms with Gasteiger partial charge in [-0.05, 0) is 48.6 Å². The van der Waals surface area contributed by atoms with Gasteiger partial charge in [0.05, 0.1) is 13.3 Å². The van der Waals surface area contributed by atoms with Crippen molar-refractivity contribution < 1.29 is 14.3 Å². The van der Waals surface area contributed by atoms with Crippen LogP contribution in [-0.2, 0) is 4.79 Å². The Labute approximate surface area is 185 Å². The smallest absolute Gasteiger partial charge is 0.279 e. The summed E-state index contributed by atoms with van der Waals surface area (Å²) in [6.45, 7) is 0. The van der Waals surface area contributed by atoms with Crippen LogP contribution in [0.4, 0.5) is 5.69 Å². The Hall–Kier alpha value is -3.26. The zero-order valence-electron chi connectivity index (χ0n) is 17.2. The van der Waals surface area contributed by atoms with Gasteiger partial charge >= 0.3 is 0 Å². The van der Waals surface area contributed by atoms with Gasteiger partial charge in [-0.2, -0.15) is 0 Å². The van der Waals surface area contributed by atoms with E-state index in [0.717, 1.165) is 30.6 Å². The van der Waals surface area contributed by atoms with Gasteiger partial charge in [0.15, 0.2) is 6.04 Å². The van der Waals surface area contributed by atoms with Crippen molar-refractivity contribution in [3.8, 4) is 5.75 Å². The number of anilines is 1. The van der Waals surface area contributed by atoms with Gasteiger partial charge in [-0.1, -0.05) is 18.9 Å². The van der Waals surface area contributed by atoms with E-state index < -0.39 is 11.9 Å². The van der Waals surface area contributed by atoms with Crippen LogP contribution < -0.4 is 15.0 Å². The van der Waals surface area contributed by atoms with Crippen LogP contribution in [0.1, 0.15) is 47.1 Å². The largest absolute Gasteiger partial charge is 0.497 e. The predicted octanol–water partition coefficient (Wildman–Crippen LogP) is 3.99. The molecule has 7 nitrogen and oxygen atoms in total. The van der Waals surface area contributed by atoms with Crippen molar-refractivity contribution in [1.82, 2.24) is 15.3 Å². The van der Waals surface area contributed by atoms with Crippen molar-refractivity contribution in [2.24, 2.45) is 0 Å². The van der Waals surface area contributed by atoms with Crippen molar-refractivity contribution in [2.45, 2.75) is 37.8 Å². The molecule has 0 bridgehead atoms. The molecular weight excluding hydrogens is 412 g/mol. The van der Waals surface area contributed by atoms with E-state index in [1.165, 1.54) is 34.8 Å². The maximum absolute atomic E-state index is 13.6. The minimum Gasteiger partial charge on any atom is -0.497 e. The second kappa shape index (κ2) is 9.70. The Morgan fingerprint density at radius 3 is 2.55 bits per heavy atom. The molecule has 1 aliphatic carbocycles. The molecule has 3 aromatic rings. The molecule has 0 aliphatic heterocycles. The molecule has 160 valence electrons. The zero-order valence-corrected chi connectivity index (χ0v) is 18.0. The van der Waals surface area contributed by atoms with Gasteiger partial charge in [0.25, 0.3) is 5.91 Å². The molecule has 0 radical (unpaired) electrons. The van der Waals surface area contributed by atoms with E-state index in [9.17, 15) is 9.59 Å². The highest BCUT2D eigenvalue weighted by atomic mass is 32.1. The van der Waals surface area contributed by atoms with E-state index in [0.29, 0.717) is 11.4 Å². The van der Waals surface area contributed by atoms with Crippen molar-refractivity contribution in [3.63, 3.8) is 0 Å². The summed E-state index contributed by atoms with van der Waals surface area (Å²) >= 11 is 1.45. The highest BCUT2D eigenvalue weighted by Crippen LogP contribution is 2.33. The number of amides is 2. The van der Waals surface area contributed by atoms with E-state index in [1.54, 1.807) is 31.4 Å². The van der Waals surface area contributed by atoms with E-state index in [4.69, 9.17) is 4.74 Å². The van der Waals surface area contributed by atoms with Crippen LogP contribution in [0.25, 0.3) is 0 Å². The summed E-state index contributed by atoms with van der Waals surface area (Å²) in [5, 5.41) is 5.07. The molecule has 4 rings (SSSR count). The first-order valence-electron chi connectivity index (χ1n) is 10.2. The maximum Gasteiger partial charge on any atom is 0.279 e. The fraction of sp³-hybridized carbons (Fsp3) is 0.304. The molecule has 1 aromatic carbocycles. The Balaban J connectivity index is 1.76. The summed E-state index contributed by atoms with van der Waals surface area (Å²) < 4.78 is 5.26. The lowest BCUT2D eigenvalue weighted by atomic mass is 10.1. The first-order chi connectivity index (χ1) is 15.2. The summed E-state index contributed by atoms with van der Waals surface area (Å²) in [5.74, 6) is 0.0828. The number of hydrogen-bond donors (Lipinski definition) is 1. The van der Waals surface area contributed by atoms with E-state index in [2.05, 4.69) is 15.3 Å². The third-order valence-electron chi connectivity index (χ3n) is 5.37. The second-order valence-corrected chi connectivity index (χ2v) is 8.35. The van der Waals surface area contributed by atoms with Gasteiger partial charge < -0.3 is 10.1 Å². The van der Waals surface area contributed by atoms with Gasteiger partial charge in [0, 0.05) is 29.0 Å². The summed E-state index contributed by atoms with van der Waals surface area (Å²) in [7, 11) is 1.58. The van der Waals surface area contributed by atoms with Crippen molar-refractivity contribution >= 4 is 28.8 Å². The number of ether oxygens (including phenoxy) is 1. The number of carbonyl (C=O) groups excluding carboxylic acids is 2. The number of nitrogens with zero attached hydrogens (tertiary/aromatic N) is 3. The highest BCUT2D eigenvalue weighted by molar-refractivity contribution is 7.10. The Morgan fingerprint density at radius 1 is 1.16 bits per heavy atom. The molecule has 2 aromatic heterocycles. The predicted molar refractivity (Wildman–Crippen MR) is 119 cm³/mol. The third kappa shape index (κ3) is 4.74. The molecule has 0 spiro atoms. The summed E-state index contributed by atoms with van der Waals surface area (Å²) in [4.78, 5) is 37.6.